The summed E-state index contributed by atoms with van der Waals surface area (Å²) < 4.78 is 29.9. The van der Waals surface area contributed by atoms with Crippen LogP contribution in [0.2, 0.25) is 0 Å². The van der Waals surface area contributed by atoms with Crippen LogP contribution in [0.1, 0.15) is 10.5 Å². The topological polar surface area (TPSA) is 66.6 Å². The Kier molecular flexibility index (Phi) is 4.99. The molecule has 1 N–H and O–H groups in total. The highest BCUT2D eigenvalue weighted by Gasteiger charge is 2.22. The zero-order valence-corrected chi connectivity index (χ0v) is 11.1. The Hall–Kier alpha value is -2.28. The highest BCUT2D eigenvalue weighted by molar-refractivity contribution is 5.93. The number of hydrogen-bond donors (Lipinski definition) is 1. The molecule has 0 bridgehead atoms. The predicted molar refractivity (Wildman–Crippen MR) is 70.9 cm³/mol. The lowest BCUT2D eigenvalue weighted by molar-refractivity contribution is 0.0501. The molecule has 0 aliphatic heterocycles. The van der Waals surface area contributed by atoms with Gasteiger partial charge in [0.25, 0.3) is 12.3 Å². The lowest BCUT2D eigenvalue weighted by atomic mass is 10.1. The van der Waals surface area contributed by atoms with E-state index in [9.17, 15) is 13.6 Å². The van der Waals surface area contributed by atoms with Crippen molar-refractivity contribution in [3.05, 3.63) is 42.1 Å². The SMILES string of the molecule is O=C(c1cc(-c2ccccc2)on1)N(CCO)CC(F)F. The van der Waals surface area contributed by atoms with Crippen LogP contribution in [-0.4, -0.2) is 47.2 Å². The summed E-state index contributed by atoms with van der Waals surface area (Å²) in [6, 6.07) is 10.4. The first-order valence-electron chi connectivity index (χ1n) is 6.32. The van der Waals surface area contributed by atoms with Gasteiger partial charge in [0.15, 0.2) is 11.5 Å². The fourth-order valence-electron chi connectivity index (χ4n) is 1.84. The van der Waals surface area contributed by atoms with Crippen molar-refractivity contribution < 1.29 is 23.2 Å². The van der Waals surface area contributed by atoms with Crippen LogP contribution in [0.4, 0.5) is 8.78 Å². The van der Waals surface area contributed by atoms with Crippen molar-refractivity contribution in [2.75, 3.05) is 19.7 Å². The smallest absolute Gasteiger partial charge is 0.276 e. The molecule has 0 saturated heterocycles. The summed E-state index contributed by atoms with van der Waals surface area (Å²) >= 11 is 0. The molecule has 5 nitrogen and oxygen atoms in total. The standard InChI is InChI=1S/C14H14F2N2O3/c15-13(16)9-18(6-7-19)14(20)11-8-12(21-17-11)10-4-2-1-3-5-10/h1-5,8,13,19H,6-7,9H2. The number of rotatable bonds is 6. The first kappa shape index (κ1) is 15.1. The van der Waals surface area contributed by atoms with E-state index in [2.05, 4.69) is 5.16 Å². The molecule has 0 aliphatic rings. The van der Waals surface area contributed by atoms with Gasteiger partial charge >= 0.3 is 0 Å². The summed E-state index contributed by atoms with van der Waals surface area (Å²) in [7, 11) is 0. The van der Waals surface area contributed by atoms with E-state index < -0.39 is 25.5 Å². The van der Waals surface area contributed by atoms with E-state index in [1.165, 1.54) is 6.07 Å². The maximum atomic E-state index is 12.4. The molecular formula is C14H14F2N2O3. The normalized spacial score (nSPS) is 10.9. The van der Waals surface area contributed by atoms with E-state index in [-0.39, 0.29) is 12.2 Å². The number of benzene rings is 1. The molecule has 1 aromatic heterocycles. The van der Waals surface area contributed by atoms with Crippen LogP contribution < -0.4 is 0 Å². The van der Waals surface area contributed by atoms with Gasteiger partial charge in [-0.3, -0.25) is 4.79 Å². The summed E-state index contributed by atoms with van der Waals surface area (Å²) in [6.07, 6.45) is -2.68. The number of nitrogens with zero attached hydrogens (tertiary/aromatic N) is 2. The van der Waals surface area contributed by atoms with Crippen LogP contribution in [0, 0.1) is 0 Å². The van der Waals surface area contributed by atoms with Crippen LogP contribution in [0.15, 0.2) is 40.9 Å². The third-order valence-corrected chi connectivity index (χ3v) is 2.80. The van der Waals surface area contributed by atoms with Crippen molar-refractivity contribution in [2.45, 2.75) is 6.43 Å². The summed E-state index contributed by atoms with van der Waals surface area (Å²) in [6.45, 7) is -1.34. The van der Waals surface area contributed by atoms with E-state index in [0.29, 0.717) is 5.76 Å². The summed E-state index contributed by atoms with van der Waals surface area (Å²) in [5, 5.41) is 12.5. The Morgan fingerprint density at radius 3 is 2.67 bits per heavy atom. The van der Waals surface area contributed by atoms with Gasteiger partial charge in [-0.2, -0.15) is 0 Å². The number of aromatic nitrogens is 1. The van der Waals surface area contributed by atoms with E-state index in [1.807, 2.05) is 6.07 Å². The van der Waals surface area contributed by atoms with E-state index in [4.69, 9.17) is 9.63 Å². The van der Waals surface area contributed by atoms with E-state index >= 15 is 0 Å². The number of aliphatic hydroxyl groups is 1. The molecule has 1 heterocycles. The minimum atomic E-state index is -2.68. The molecule has 0 atom stereocenters. The Labute approximate surface area is 119 Å². The Balaban J connectivity index is 2.17. The van der Waals surface area contributed by atoms with Gasteiger partial charge in [-0.25, -0.2) is 8.78 Å². The van der Waals surface area contributed by atoms with Gasteiger partial charge in [0, 0.05) is 18.2 Å². The molecule has 2 aromatic rings. The Morgan fingerprint density at radius 1 is 1.33 bits per heavy atom. The van der Waals surface area contributed by atoms with Crippen molar-refractivity contribution in [3.63, 3.8) is 0 Å². The molecule has 21 heavy (non-hydrogen) atoms. The van der Waals surface area contributed by atoms with Gasteiger partial charge in [-0.15, -0.1) is 0 Å². The van der Waals surface area contributed by atoms with Crippen LogP contribution >= 0.6 is 0 Å². The largest absolute Gasteiger partial charge is 0.395 e. The van der Waals surface area contributed by atoms with E-state index in [1.54, 1.807) is 24.3 Å². The first-order chi connectivity index (χ1) is 10.1. The van der Waals surface area contributed by atoms with Gasteiger partial charge in [0.05, 0.1) is 13.2 Å². The van der Waals surface area contributed by atoms with Gasteiger partial charge in [0.1, 0.15) is 0 Å². The molecule has 1 amide bonds. The quantitative estimate of drug-likeness (QED) is 0.886. The van der Waals surface area contributed by atoms with Gasteiger partial charge < -0.3 is 14.5 Å². The number of alkyl halides is 2. The maximum Gasteiger partial charge on any atom is 0.276 e. The monoisotopic (exact) mass is 296 g/mol. The van der Waals surface area contributed by atoms with Crippen LogP contribution in [0.3, 0.4) is 0 Å². The lowest BCUT2D eigenvalue weighted by Crippen LogP contribution is -2.37. The molecule has 0 saturated carbocycles. The van der Waals surface area contributed by atoms with Crippen molar-refractivity contribution in [2.24, 2.45) is 0 Å². The lowest BCUT2D eigenvalue weighted by Gasteiger charge is -2.19. The van der Waals surface area contributed by atoms with Crippen molar-refractivity contribution >= 4 is 5.91 Å². The molecular weight excluding hydrogens is 282 g/mol. The highest BCUT2D eigenvalue weighted by Crippen LogP contribution is 2.20. The Morgan fingerprint density at radius 2 is 2.05 bits per heavy atom. The number of aliphatic hydroxyl groups excluding tert-OH is 1. The number of amides is 1. The second-order valence-electron chi connectivity index (χ2n) is 4.31. The molecule has 0 unspecified atom stereocenters. The van der Waals surface area contributed by atoms with Crippen molar-refractivity contribution in [3.8, 4) is 11.3 Å². The summed E-state index contributed by atoms with van der Waals surface area (Å²) in [4.78, 5) is 12.9. The maximum absolute atomic E-state index is 12.4. The number of carbonyl (C=O) groups is 1. The van der Waals surface area contributed by atoms with Crippen molar-refractivity contribution in [1.82, 2.24) is 10.1 Å². The third kappa shape index (κ3) is 3.85. The Bertz CT molecular complexity index is 587. The number of hydrogen-bond acceptors (Lipinski definition) is 4. The fourth-order valence-corrected chi connectivity index (χ4v) is 1.84. The molecule has 0 radical (unpaired) electrons. The number of carbonyl (C=O) groups excluding carboxylic acids is 1. The van der Waals surface area contributed by atoms with Gasteiger partial charge in [-0.1, -0.05) is 35.5 Å². The van der Waals surface area contributed by atoms with Gasteiger partial charge in [0.2, 0.25) is 0 Å². The average molecular weight is 296 g/mol. The predicted octanol–water partition coefficient (Wildman–Crippen LogP) is 2.04. The second kappa shape index (κ2) is 6.94. The van der Waals surface area contributed by atoms with Crippen LogP contribution in [-0.2, 0) is 0 Å². The number of halogens is 2. The zero-order valence-electron chi connectivity index (χ0n) is 11.1. The summed E-state index contributed by atoms with van der Waals surface area (Å²) in [5.74, 6) is -0.324. The van der Waals surface area contributed by atoms with Crippen LogP contribution in [0.5, 0.6) is 0 Å². The molecule has 0 aliphatic carbocycles. The molecule has 2 rings (SSSR count). The third-order valence-electron chi connectivity index (χ3n) is 2.80. The minimum absolute atomic E-state index is 0.0667. The minimum Gasteiger partial charge on any atom is -0.395 e. The molecule has 0 spiro atoms. The van der Waals surface area contributed by atoms with Crippen LogP contribution in [0.25, 0.3) is 11.3 Å². The average Bonchev–Trinajstić information content (AvgIpc) is 2.96. The van der Waals surface area contributed by atoms with Crippen molar-refractivity contribution in [1.29, 1.82) is 0 Å². The first-order valence-corrected chi connectivity index (χ1v) is 6.32. The second-order valence-corrected chi connectivity index (χ2v) is 4.31. The molecule has 7 heteroatoms. The molecule has 1 aromatic carbocycles. The zero-order chi connectivity index (χ0) is 15.2. The summed E-state index contributed by atoms with van der Waals surface area (Å²) in [5.41, 5.74) is 0.662. The highest BCUT2D eigenvalue weighted by atomic mass is 19.3. The van der Waals surface area contributed by atoms with Gasteiger partial charge in [-0.05, 0) is 0 Å². The fraction of sp³-hybridized carbons (Fsp3) is 0.286. The van der Waals surface area contributed by atoms with E-state index in [0.717, 1.165) is 10.5 Å². The molecule has 0 fully saturated rings. The molecule has 112 valence electrons.